The molecule has 0 aliphatic carbocycles. The van der Waals surface area contributed by atoms with Gasteiger partial charge >= 0.3 is 0 Å². The molecule has 0 unspecified atom stereocenters. The highest BCUT2D eigenvalue weighted by Gasteiger charge is 2.07. The summed E-state index contributed by atoms with van der Waals surface area (Å²) in [6, 6.07) is 6.19. The topological polar surface area (TPSA) is 25.8 Å². The third-order valence-corrected chi connectivity index (χ3v) is 2.57. The summed E-state index contributed by atoms with van der Waals surface area (Å²) in [6.07, 6.45) is 3.25. The van der Waals surface area contributed by atoms with Crippen LogP contribution in [0.2, 0.25) is 5.15 Å². The van der Waals surface area contributed by atoms with Crippen LogP contribution in [-0.4, -0.2) is 9.97 Å². The van der Waals surface area contributed by atoms with E-state index in [9.17, 15) is 0 Å². The number of nitrogens with zero attached hydrogens (tertiary/aromatic N) is 2. The zero-order chi connectivity index (χ0) is 10.8. The Morgan fingerprint density at radius 3 is 2.47 bits per heavy atom. The van der Waals surface area contributed by atoms with Gasteiger partial charge in [-0.3, -0.25) is 4.98 Å². The summed E-state index contributed by atoms with van der Waals surface area (Å²) in [7, 11) is 0. The van der Waals surface area contributed by atoms with Gasteiger partial charge in [0, 0.05) is 18.0 Å². The van der Waals surface area contributed by atoms with E-state index in [2.05, 4.69) is 23.0 Å². The van der Waals surface area contributed by atoms with Gasteiger partial charge in [-0.05, 0) is 19.4 Å². The monoisotopic (exact) mass is 218 g/mol. The molecular weight excluding hydrogens is 208 g/mol. The van der Waals surface area contributed by atoms with Gasteiger partial charge in [0.15, 0.2) is 5.15 Å². The fourth-order valence-corrected chi connectivity index (χ4v) is 1.79. The van der Waals surface area contributed by atoms with E-state index in [1.165, 1.54) is 5.56 Å². The highest BCUT2D eigenvalue weighted by molar-refractivity contribution is 6.31. The van der Waals surface area contributed by atoms with Crippen LogP contribution in [0.5, 0.6) is 0 Å². The molecule has 0 aliphatic heterocycles. The van der Waals surface area contributed by atoms with Crippen LogP contribution in [0.1, 0.15) is 11.1 Å². The van der Waals surface area contributed by atoms with Crippen LogP contribution in [0.25, 0.3) is 11.3 Å². The Labute approximate surface area is 94.0 Å². The maximum Gasteiger partial charge on any atom is 0.155 e. The number of hydrogen-bond acceptors (Lipinski definition) is 2. The van der Waals surface area contributed by atoms with Crippen LogP contribution in [0.4, 0.5) is 0 Å². The van der Waals surface area contributed by atoms with Crippen molar-refractivity contribution >= 4 is 11.6 Å². The van der Waals surface area contributed by atoms with Gasteiger partial charge in [-0.15, -0.1) is 0 Å². The number of aryl methyl sites for hydroxylation is 2. The van der Waals surface area contributed by atoms with Crippen LogP contribution in [0.3, 0.4) is 0 Å². The third kappa shape index (κ3) is 2.00. The van der Waals surface area contributed by atoms with E-state index in [1.807, 2.05) is 19.1 Å². The second-order valence-corrected chi connectivity index (χ2v) is 3.87. The average Bonchev–Trinajstić information content (AvgIpc) is 2.20. The lowest BCUT2D eigenvalue weighted by molar-refractivity contribution is 1.20. The molecule has 0 aliphatic rings. The predicted molar refractivity (Wildman–Crippen MR) is 62.0 cm³/mol. The number of aromatic nitrogens is 2. The van der Waals surface area contributed by atoms with Gasteiger partial charge in [-0.1, -0.05) is 35.4 Å². The number of halogens is 1. The number of benzene rings is 1. The quantitative estimate of drug-likeness (QED) is 0.733. The summed E-state index contributed by atoms with van der Waals surface area (Å²) in [5.41, 5.74) is 4.18. The molecule has 2 nitrogen and oxygen atoms in total. The molecule has 0 atom stereocenters. The SMILES string of the molecule is Cc1ccc(-c2nccnc2Cl)c(C)c1. The lowest BCUT2D eigenvalue weighted by Crippen LogP contribution is -1.90. The van der Waals surface area contributed by atoms with Crippen molar-refractivity contribution in [2.45, 2.75) is 13.8 Å². The highest BCUT2D eigenvalue weighted by Crippen LogP contribution is 2.26. The molecule has 3 heteroatoms. The van der Waals surface area contributed by atoms with E-state index in [0.29, 0.717) is 5.15 Å². The van der Waals surface area contributed by atoms with E-state index in [1.54, 1.807) is 12.4 Å². The molecule has 1 heterocycles. The van der Waals surface area contributed by atoms with Crippen LogP contribution < -0.4 is 0 Å². The molecule has 0 radical (unpaired) electrons. The highest BCUT2D eigenvalue weighted by atomic mass is 35.5. The summed E-state index contributed by atoms with van der Waals surface area (Å²) in [4.78, 5) is 8.27. The Kier molecular flexibility index (Phi) is 2.69. The van der Waals surface area contributed by atoms with Crippen molar-refractivity contribution in [1.82, 2.24) is 9.97 Å². The normalized spacial score (nSPS) is 10.3. The fraction of sp³-hybridized carbons (Fsp3) is 0.167. The lowest BCUT2D eigenvalue weighted by Gasteiger charge is -2.06. The second-order valence-electron chi connectivity index (χ2n) is 3.51. The minimum absolute atomic E-state index is 0.449. The first-order valence-corrected chi connectivity index (χ1v) is 5.10. The van der Waals surface area contributed by atoms with Crippen molar-refractivity contribution in [3.05, 3.63) is 46.9 Å². The van der Waals surface area contributed by atoms with Crippen molar-refractivity contribution in [3.63, 3.8) is 0 Å². The minimum Gasteiger partial charge on any atom is -0.251 e. The Morgan fingerprint density at radius 2 is 1.80 bits per heavy atom. The molecule has 0 spiro atoms. The Morgan fingerprint density at radius 1 is 1.07 bits per heavy atom. The number of hydrogen-bond donors (Lipinski definition) is 0. The molecule has 0 saturated heterocycles. The van der Waals surface area contributed by atoms with E-state index in [0.717, 1.165) is 16.8 Å². The van der Waals surface area contributed by atoms with Crippen LogP contribution in [0.15, 0.2) is 30.6 Å². The predicted octanol–water partition coefficient (Wildman–Crippen LogP) is 3.41. The van der Waals surface area contributed by atoms with Crippen molar-refractivity contribution in [1.29, 1.82) is 0 Å². The van der Waals surface area contributed by atoms with Gasteiger partial charge in [-0.25, -0.2) is 4.98 Å². The fourth-order valence-electron chi connectivity index (χ4n) is 1.58. The van der Waals surface area contributed by atoms with Gasteiger partial charge in [0.05, 0.1) is 0 Å². The minimum atomic E-state index is 0.449. The second kappa shape index (κ2) is 3.99. The van der Waals surface area contributed by atoms with E-state index in [4.69, 9.17) is 11.6 Å². The lowest BCUT2D eigenvalue weighted by atomic mass is 10.0. The third-order valence-electron chi connectivity index (χ3n) is 2.29. The maximum absolute atomic E-state index is 6.00. The molecule has 0 fully saturated rings. The molecule has 0 N–H and O–H groups in total. The maximum atomic E-state index is 6.00. The van der Waals surface area contributed by atoms with E-state index >= 15 is 0 Å². The standard InChI is InChI=1S/C12H11ClN2/c1-8-3-4-10(9(2)7-8)11-12(13)15-6-5-14-11/h3-7H,1-2H3. The molecular formula is C12H11ClN2. The summed E-state index contributed by atoms with van der Waals surface area (Å²) >= 11 is 6.00. The van der Waals surface area contributed by atoms with Gasteiger partial charge < -0.3 is 0 Å². The van der Waals surface area contributed by atoms with Crippen molar-refractivity contribution in [3.8, 4) is 11.3 Å². The first-order chi connectivity index (χ1) is 7.18. The molecule has 2 rings (SSSR count). The van der Waals surface area contributed by atoms with Gasteiger partial charge in [0.1, 0.15) is 5.69 Å². The van der Waals surface area contributed by atoms with Gasteiger partial charge in [0.25, 0.3) is 0 Å². The van der Waals surface area contributed by atoms with Crippen LogP contribution >= 0.6 is 11.6 Å². The summed E-state index contributed by atoms with van der Waals surface area (Å²) in [5, 5.41) is 0.449. The van der Waals surface area contributed by atoms with Crippen molar-refractivity contribution in [2.24, 2.45) is 0 Å². The van der Waals surface area contributed by atoms with Crippen LogP contribution in [-0.2, 0) is 0 Å². The molecule has 0 bridgehead atoms. The largest absolute Gasteiger partial charge is 0.251 e. The molecule has 15 heavy (non-hydrogen) atoms. The molecule has 0 amide bonds. The van der Waals surface area contributed by atoms with Crippen molar-refractivity contribution in [2.75, 3.05) is 0 Å². The Hall–Kier alpha value is -1.41. The van der Waals surface area contributed by atoms with Crippen LogP contribution in [0, 0.1) is 13.8 Å². The number of rotatable bonds is 1. The molecule has 1 aromatic heterocycles. The summed E-state index contributed by atoms with van der Waals surface area (Å²) < 4.78 is 0. The summed E-state index contributed by atoms with van der Waals surface area (Å²) in [6.45, 7) is 4.11. The first-order valence-electron chi connectivity index (χ1n) is 4.72. The van der Waals surface area contributed by atoms with Gasteiger partial charge in [0.2, 0.25) is 0 Å². The van der Waals surface area contributed by atoms with E-state index in [-0.39, 0.29) is 0 Å². The van der Waals surface area contributed by atoms with E-state index < -0.39 is 0 Å². The molecule has 1 aromatic carbocycles. The average molecular weight is 219 g/mol. The Bertz CT molecular complexity index is 495. The molecule has 0 saturated carbocycles. The van der Waals surface area contributed by atoms with Crippen molar-refractivity contribution < 1.29 is 0 Å². The Balaban J connectivity index is 2.60. The zero-order valence-electron chi connectivity index (χ0n) is 8.66. The zero-order valence-corrected chi connectivity index (χ0v) is 9.42. The van der Waals surface area contributed by atoms with Gasteiger partial charge in [-0.2, -0.15) is 0 Å². The smallest absolute Gasteiger partial charge is 0.155 e. The first kappa shape index (κ1) is 10.1. The molecule has 2 aromatic rings. The molecule has 76 valence electrons. The summed E-state index contributed by atoms with van der Waals surface area (Å²) in [5.74, 6) is 0.